The van der Waals surface area contributed by atoms with Crippen molar-refractivity contribution in [3.8, 4) is 16.6 Å². The summed E-state index contributed by atoms with van der Waals surface area (Å²) in [5.41, 5.74) is 2.23. The number of thiophene rings is 1. The van der Waals surface area contributed by atoms with E-state index in [1.807, 2.05) is 37.4 Å². The molecule has 0 atom stereocenters. The molecule has 1 N–H and O–H groups in total. The van der Waals surface area contributed by atoms with Crippen LogP contribution in [0.25, 0.3) is 10.8 Å². The Morgan fingerprint density at radius 3 is 2.93 bits per heavy atom. The van der Waals surface area contributed by atoms with E-state index in [1.54, 1.807) is 23.3 Å². The van der Waals surface area contributed by atoms with Gasteiger partial charge >= 0.3 is 0 Å². The number of pyridine rings is 1. The third-order valence-corrected chi connectivity index (χ3v) is 5.43. The minimum Gasteiger partial charge on any atom is -0.481 e. The lowest BCUT2D eigenvalue weighted by atomic mass is 10.1. The normalized spacial score (nSPS) is 13.4. The summed E-state index contributed by atoms with van der Waals surface area (Å²) in [5.74, 6) is 1.62. The first-order valence-electron chi connectivity index (χ1n) is 9.01. The van der Waals surface area contributed by atoms with Gasteiger partial charge in [0.25, 0.3) is 11.8 Å². The highest BCUT2D eigenvalue weighted by atomic mass is 32.1. The van der Waals surface area contributed by atoms with E-state index < -0.39 is 0 Å². The summed E-state index contributed by atoms with van der Waals surface area (Å²) in [4.78, 5) is 24.3. The SMILES string of the molecule is COc1nc2c(cc1CNCc1noc(-c3cccs3)n1)C(=O)N(C(C)C)C2. The molecule has 28 heavy (non-hydrogen) atoms. The molecule has 9 heteroatoms. The zero-order chi connectivity index (χ0) is 19.7. The molecule has 1 amide bonds. The predicted molar refractivity (Wildman–Crippen MR) is 104 cm³/mol. The first-order chi connectivity index (χ1) is 13.6. The number of rotatable bonds is 7. The van der Waals surface area contributed by atoms with E-state index in [2.05, 4.69) is 20.4 Å². The number of amides is 1. The number of carbonyl (C=O) groups excluding carboxylic acids is 1. The van der Waals surface area contributed by atoms with Crippen LogP contribution in [-0.2, 0) is 19.6 Å². The van der Waals surface area contributed by atoms with Crippen LogP contribution in [0.15, 0.2) is 28.1 Å². The molecule has 4 rings (SSSR count). The lowest BCUT2D eigenvalue weighted by Crippen LogP contribution is -2.30. The lowest BCUT2D eigenvalue weighted by Gasteiger charge is -2.19. The minimum absolute atomic E-state index is 0.0140. The first kappa shape index (κ1) is 18.6. The smallest absolute Gasteiger partial charge is 0.268 e. The summed E-state index contributed by atoms with van der Waals surface area (Å²) in [6.45, 7) is 5.42. The van der Waals surface area contributed by atoms with Crippen molar-refractivity contribution in [2.45, 2.75) is 39.5 Å². The van der Waals surface area contributed by atoms with Crippen molar-refractivity contribution >= 4 is 17.2 Å². The molecule has 146 valence electrons. The van der Waals surface area contributed by atoms with E-state index in [9.17, 15) is 4.79 Å². The maximum Gasteiger partial charge on any atom is 0.268 e. The van der Waals surface area contributed by atoms with Crippen LogP contribution < -0.4 is 10.1 Å². The molecular formula is C19H21N5O3S. The highest BCUT2D eigenvalue weighted by Gasteiger charge is 2.31. The van der Waals surface area contributed by atoms with Gasteiger partial charge < -0.3 is 19.5 Å². The highest BCUT2D eigenvalue weighted by molar-refractivity contribution is 7.13. The number of ether oxygens (including phenoxy) is 1. The molecule has 0 fully saturated rings. The van der Waals surface area contributed by atoms with Crippen LogP contribution >= 0.6 is 11.3 Å². The number of hydrogen-bond donors (Lipinski definition) is 1. The second-order valence-electron chi connectivity index (χ2n) is 6.77. The van der Waals surface area contributed by atoms with Gasteiger partial charge in [0.05, 0.1) is 36.3 Å². The van der Waals surface area contributed by atoms with E-state index >= 15 is 0 Å². The fourth-order valence-corrected chi connectivity index (χ4v) is 3.77. The average Bonchev–Trinajstić information content (AvgIpc) is 3.41. The van der Waals surface area contributed by atoms with Crippen LogP contribution in [0.5, 0.6) is 5.88 Å². The molecule has 4 heterocycles. The van der Waals surface area contributed by atoms with Crippen LogP contribution in [0.2, 0.25) is 0 Å². The number of aromatic nitrogens is 3. The summed E-state index contributed by atoms with van der Waals surface area (Å²) in [5, 5.41) is 9.22. The zero-order valence-corrected chi connectivity index (χ0v) is 16.7. The molecular weight excluding hydrogens is 378 g/mol. The van der Waals surface area contributed by atoms with Gasteiger partial charge in [0.15, 0.2) is 5.82 Å². The Kier molecular flexibility index (Phi) is 5.10. The molecule has 8 nitrogen and oxygen atoms in total. The third kappa shape index (κ3) is 3.50. The molecule has 3 aromatic heterocycles. The fraction of sp³-hybridized carbons (Fsp3) is 0.368. The Hall–Kier alpha value is -2.78. The second-order valence-corrected chi connectivity index (χ2v) is 7.72. The van der Waals surface area contributed by atoms with Gasteiger partial charge in [-0.05, 0) is 31.4 Å². The molecule has 1 aliphatic rings. The molecule has 1 aliphatic heterocycles. The van der Waals surface area contributed by atoms with Gasteiger partial charge in [-0.2, -0.15) is 4.98 Å². The molecule has 0 aromatic carbocycles. The first-order valence-corrected chi connectivity index (χ1v) is 9.89. The van der Waals surface area contributed by atoms with Gasteiger partial charge in [-0.1, -0.05) is 11.2 Å². The van der Waals surface area contributed by atoms with Crippen LogP contribution in [-0.4, -0.2) is 39.1 Å². The highest BCUT2D eigenvalue weighted by Crippen LogP contribution is 2.28. The van der Waals surface area contributed by atoms with E-state index in [0.717, 1.165) is 16.1 Å². The molecule has 0 unspecified atom stereocenters. The topological polar surface area (TPSA) is 93.4 Å². The summed E-state index contributed by atoms with van der Waals surface area (Å²) in [6.07, 6.45) is 0. The Morgan fingerprint density at radius 1 is 1.36 bits per heavy atom. The maximum atomic E-state index is 12.6. The van der Waals surface area contributed by atoms with Gasteiger partial charge in [-0.15, -0.1) is 11.3 Å². The fourth-order valence-electron chi connectivity index (χ4n) is 3.12. The van der Waals surface area contributed by atoms with Crippen LogP contribution in [0.3, 0.4) is 0 Å². The van der Waals surface area contributed by atoms with Gasteiger partial charge in [-0.25, -0.2) is 4.98 Å². The van der Waals surface area contributed by atoms with Crippen molar-refractivity contribution in [3.63, 3.8) is 0 Å². The van der Waals surface area contributed by atoms with Crippen LogP contribution in [0.1, 0.15) is 41.3 Å². The molecule has 0 saturated carbocycles. The van der Waals surface area contributed by atoms with E-state index in [-0.39, 0.29) is 11.9 Å². The summed E-state index contributed by atoms with van der Waals surface area (Å²) < 4.78 is 10.7. The van der Waals surface area contributed by atoms with E-state index in [1.165, 1.54) is 0 Å². The molecule has 0 spiro atoms. The van der Waals surface area contributed by atoms with Crippen LogP contribution in [0, 0.1) is 0 Å². The van der Waals surface area contributed by atoms with Crippen molar-refractivity contribution in [2.24, 2.45) is 0 Å². The molecule has 0 bridgehead atoms. The van der Waals surface area contributed by atoms with Gasteiger partial charge in [0.2, 0.25) is 5.88 Å². The lowest BCUT2D eigenvalue weighted by molar-refractivity contribution is 0.0730. The van der Waals surface area contributed by atoms with Gasteiger partial charge in [0, 0.05) is 18.2 Å². The molecule has 3 aromatic rings. The Labute approximate surface area is 166 Å². The number of nitrogens with one attached hydrogen (secondary N) is 1. The average molecular weight is 399 g/mol. The quantitative estimate of drug-likeness (QED) is 0.653. The third-order valence-electron chi connectivity index (χ3n) is 4.57. The van der Waals surface area contributed by atoms with E-state index in [4.69, 9.17) is 9.26 Å². The molecule has 0 radical (unpaired) electrons. The molecule has 0 saturated heterocycles. The Balaban J connectivity index is 1.45. The Bertz CT molecular complexity index is 984. The monoisotopic (exact) mass is 399 g/mol. The number of nitrogens with zero attached hydrogens (tertiary/aromatic N) is 4. The number of fused-ring (bicyclic) bond motifs is 1. The Morgan fingerprint density at radius 2 is 2.21 bits per heavy atom. The number of carbonyl (C=O) groups is 1. The summed E-state index contributed by atoms with van der Waals surface area (Å²) in [6, 6.07) is 5.88. The largest absolute Gasteiger partial charge is 0.481 e. The van der Waals surface area contributed by atoms with Crippen molar-refractivity contribution in [3.05, 3.63) is 46.2 Å². The minimum atomic E-state index is 0.0140. The van der Waals surface area contributed by atoms with Gasteiger partial charge in [-0.3, -0.25) is 4.79 Å². The van der Waals surface area contributed by atoms with Crippen molar-refractivity contribution < 1.29 is 14.1 Å². The van der Waals surface area contributed by atoms with Crippen LogP contribution in [0.4, 0.5) is 0 Å². The number of hydrogen-bond acceptors (Lipinski definition) is 8. The summed E-state index contributed by atoms with van der Waals surface area (Å²) in [7, 11) is 1.59. The standard InChI is InChI=1S/C19H21N5O3S/c1-11(2)24-10-14-13(19(24)25)7-12(17(21-14)26-3)8-20-9-16-22-18(27-23-16)15-5-4-6-28-15/h4-7,11,20H,8-10H2,1-3H3. The van der Waals surface area contributed by atoms with E-state index in [0.29, 0.717) is 42.8 Å². The maximum absolute atomic E-state index is 12.6. The van der Waals surface area contributed by atoms with Crippen molar-refractivity contribution in [1.82, 2.24) is 25.3 Å². The van der Waals surface area contributed by atoms with Crippen molar-refractivity contribution in [1.29, 1.82) is 0 Å². The van der Waals surface area contributed by atoms with Crippen molar-refractivity contribution in [2.75, 3.05) is 7.11 Å². The summed E-state index contributed by atoms with van der Waals surface area (Å²) >= 11 is 1.55. The number of methoxy groups -OCH3 is 1. The molecule has 0 aliphatic carbocycles. The van der Waals surface area contributed by atoms with Gasteiger partial charge in [0.1, 0.15) is 0 Å². The predicted octanol–water partition coefficient (Wildman–Crippen LogP) is 2.86. The zero-order valence-electron chi connectivity index (χ0n) is 15.9. The second kappa shape index (κ2) is 7.69.